The molecule has 0 radical (unpaired) electrons. The molecule has 1 rings (SSSR count). The number of amides is 4. The van der Waals surface area contributed by atoms with Gasteiger partial charge < -0.3 is 31.5 Å². The average Bonchev–Trinajstić information content (AvgIpc) is 3.18. The zero-order valence-electron chi connectivity index (χ0n) is 35.5. The Labute approximate surface area is 346 Å². The van der Waals surface area contributed by atoms with Crippen molar-refractivity contribution in [1.29, 1.82) is 0 Å². The second-order valence-electron chi connectivity index (χ2n) is 15.4. The number of aryl methyl sites for hydroxylation is 1. The normalized spacial score (nSPS) is 14.7. The van der Waals surface area contributed by atoms with E-state index >= 15 is 0 Å². The van der Waals surface area contributed by atoms with E-state index in [4.69, 9.17) is 5.73 Å². The van der Waals surface area contributed by atoms with Crippen LogP contribution >= 0.6 is 0 Å². The van der Waals surface area contributed by atoms with E-state index in [1.165, 1.54) is 41.7 Å². The largest absolute Gasteiger partial charge is 0.396 e. The number of carbonyl (C=O) groups is 10. The summed E-state index contributed by atoms with van der Waals surface area (Å²) in [6, 6.07) is 3.18. The quantitative estimate of drug-likeness (QED) is 0.0425. The van der Waals surface area contributed by atoms with E-state index in [2.05, 4.69) is 17.6 Å². The molecule has 0 heterocycles. The van der Waals surface area contributed by atoms with Gasteiger partial charge in [0.25, 0.3) is 0 Å². The van der Waals surface area contributed by atoms with Gasteiger partial charge in [-0.05, 0) is 32.3 Å². The lowest BCUT2D eigenvalue weighted by atomic mass is 9.91. The number of Topliss-reactive ketones (excluding diaryl/α,β-unsaturated/α-hetero) is 6. The van der Waals surface area contributed by atoms with Crippen LogP contribution in [0.2, 0.25) is 0 Å². The fraction of sp³-hybridized carbons (Fsp3) is 0.628. The first-order valence-corrected chi connectivity index (χ1v) is 20.4. The van der Waals surface area contributed by atoms with Gasteiger partial charge in [0, 0.05) is 63.0 Å². The summed E-state index contributed by atoms with van der Waals surface area (Å²) in [5.41, 5.74) is 6.77. The van der Waals surface area contributed by atoms with E-state index in [-0.39, 0.29) is 25.0 Å². The van der Waals surface area contributed by atoms with Crippen LogP contribution in [0.1, 0.15) is 128 Å². The van der Waals surface area contributed by atoms with Crippen LogP contribution in [-0.2, 0) is 49.6 Å². The Balaban J connectivity index is 2.80. The third-order valence-corrected chi connectivity index (χ3v) is 10.3. The van der Waals surface area contributed by atoms with E-state index in [0.29, 0.717) is 5.56 Å². The van der Waals surface area contributed by atoms with Crippen molar-refractivity contribution in [3.8, 4) is 0 Å². The molecule has 16 heteroatoms. The van der Waals surface area contributed by atoms with Gasteiger partial charge in [-0.15, -0.1) is 0 Å². The Hall–Kier alpha value is -4.96. The lowest BCUT2D eigenvalue weighted by Crippen LogP contribution is -2.50. The fourth-order valence-corrected chi connectivity index (χ4v) is 6.46. The lowest BCUT2D eigenvalue weighted by Gasteiger charge is -2.30. The van der Waals surface area contributed by atoms with Crippen LogP contribution in [0.4, 0.5) is 0 Å². The van der Waals surface area contributed by atoms with Crippen molar-refractivity contribution in [3.05, 3.63) is 35.4 Å². The highest BCUT2D eigenvalue weighted by Crippen LogP contribution is 2.17. The fourth-order valence-electron chi connectivity index (χ4n) is 6.46. The van der Waals surface area contributed by atoms with E-state index in [1.807, 2.05) is 12.1 Å². The van der Waals surface area contributed by atoms with Crippen LogP contribution in [0, 0.1) is 17.8 Å². The molecule has 1 aromatic rings. The van der Waals surface area contributed by atoms with E-state index < -0.39 is 127 Å². The number of primary amides is 1. The van der Waals surface area contributed by atoms with Crippen molar-refractivity contribution in [2.45, 2.75) is 143 Å². The highest BCUT2D eigenvalue weighted by Gasteiger charge is 2.35. The van der Waals surface area contributed by atoms with Crippen LogP contribution in [0.3, 0.4) is 0 Å². The highest BCUT2D eigenvalue weighted by atomic mass is 16.3. The van der Waals surface area contributed by atoms with Gasteiger partial charge in [-0.2, -0.15) is 0 Å². The lowest BCUT2D eigenvalue weighted by molar-refractivity contribution is -0.143. The summed E-state index contributed by atoms with van der Waals surface area (Å²) < 4.78 is 0. The van der Waals surface area contributed by atoms with E-state index in [0.717, 1.165) is 42.6 Å². The maximum absolute atomic E-state index is 13.4. The molecule has 328 valence electrons. The molecule has 1 aromatic carbocycles. The number of nitrogens with two attached hydrogens (primary N) is 1. The molecule has 16 nitrogen and oxygen atoms in total. The SMILES string of the molecule is CCCCCCc1ccc(C(=O)C[C@H](CO)C(=O)N[C@H](C)C(=O)CCC(=O)N(C)[C@H](C(=O)C[C@@H](C)C(=O)N[C@@H](CC(N)=O)C(=O)CC(C)C(=O)C(=O)CC)C(C)O)cc1. The van der Waals surface area contributed by atoms with Gasteiger partial charge in [0.15, 0.2) is 28.9 Å². The van der Waals surface area contributed by atoms with Gasteiger partial charge in [-0.1, -0.05) is 71.2 Å². The standard InChI is InChI=1S/C43H64N4O12/c1-8-10-11-12-13-29-14-16-30(17-15-29)35(52)22-31(24-48)43(59)45-27(5)34(51)18-19-39(56)47(7)40(28(6)49)37(54)21-26(4)42(58)46-32(23-38(44)55)36(53)20-25(3)41(57)33(50)9-2/h14-17,25-28,31-32,40,48-49H,8-13,18-24H2,1-7H3,(H2,44,55)(H,45,59)(H,46,58)/t25?,26-,27-,28?,31-,32+,40+/m1/s1. The summed E-state index contributed by atoms with van der Waals surface area (Å²) in [5.74, 6) is -10.2. The van der Waals surface area contributed by atoms with Gasteiger partial charge in [-0.25, -0.2) is 0 Å². The van der Waals surface area contributed by atoms with Crippen LogP contribution < -0.4 is 16.4 Å². The predicted octanol–water partition coefficient (Wildman–Crippen LogP) is 2.15. The summed E-state index contributed by atoms with van der Waals surface area (Å²) in [5, 5.41) is 25.2. The van der Waals surface area contributed by atoms with Gasteiger partial charge in [0.05, 0.1) is 37.1 Å². The summed E-state index contributed by atoms with van der Waals surface area (Å²) in [6.07, 6.45) is 1.32. The number of likely N-dealkylation sites (N-methyl/N-ethyl adjacent to an activating group) is 1. The molecular weight excluding hydrogens is 764 g/mol. The summed E-state index contributed by atoms with van der Waals surface area (Å²) in [6.45, 7) is 8.38. The number of carbonyl (C=O) groups excluding carboxylic acids is 10. The van der Waals surface area contributed by atoms with E-state index in [1.54, 1.807) is 12.1 Å². The molecule has 0 saturated heterocycles. The summed E-state index contributed by atoms with van der Waals surface area (Å²) >= 11 is 0. The molecule has 59 heavy (non-hydrogen) atoms. The minimum atomic E-state index is -1.43. The Morgan fingerprint density at radius 3 is 1.88 bits per heavy atom. The minimum absolute atomic E-state index is 0.0525. The maximum atomic E-state index is 13.4. The molecule has 0 aliphatic rings. The zero-order chi connectivity index (χ0) is 45.0. The van der Waals surface area contributed by atoms with Crippen molar-refractivity contribution < 1.29 is 58.2 Å². The number of aliphatic hydroxyl groups is 2. The second kappa shape index (κ2) is 26.2. The number of hydrogen-bond acceptors (Lipinski definition) is 12. The van der Waals surface area contributed by atoms with Crippen molar-refractivity contribution in [3.63, 3.8) is 0 Å². The third-order valence-electron chi connectivity index (χ3n) is 10.3. The van der Waals surface area contributed by atoms with Crippen LogP contribution in [0.5, 0.6) is 0 Å². The molecule has 0 aliphatic heterocycles. The average molecular weight is 829 g/mol. The maximum Gasteiger partial charge on any atom is 0.226 e. The van der Waals surface area contributed by atoms with Crippen molar-refractivity contribution in [2.75, 3.05) is 13.7 Å². The second-order valence-corrected chi connectivity index (χ2v) is 15.4. The first-order chi connectivity index (χ1) is 27.7. The molecular formula is C43H64N4O12. The molecule has 6 N–H and O–H groups in total. The molecule has 4 amide bonds. The molecule has 7 atom stereocenters. The number of rotatable bonds is 30. The number of unbranched alkanes of at least 4 members (excludes halogenated alkanes) is 3. The van der Waals surface area contributed by atoms with Crippen molar-refractivity contribution >= 4 is 58.3 Å². The monoisotopic (exact) mass is 828 g/mol. The minimum Gasteiger partial charge on any atom is -0.396 e. The van der Waals surface area contributed by atoms with Gasteiger partial charge in [-0.3, -0.25) is 47.9 Å². The third kappa shape index (κ3) is 17.8. The van der Waals surface area contributed by atoms with Crippen LogP contribution in [0.15, 0.2) is 24.3 Å². The highest BCUT2D eigenvalue weighted by molar-refractivity contribution is 6.38. The Kier molecular flexibility index (Phi) is 23.1. The molecule has 0 bridgehead atoms. The Morgan fingerprint density at radius 2 is 1.34 bits per heavy atom. The number of benzene rings is 1. The first kappa shape index (κ1) is 52.1. The van der Waals surface area contributed by atoms with Crippen molar-refractivity contribution in [1.82, 2.24) is 15.5 Å². The number of aliphatic hydroxyl groups excluding tert-OH is 2. The van der Waals surface area contributed by atoms with Gasteiger partial charge >= 0.3 is 0 Å². The molecule has 0 aromatic heterocycles. The number of hydrogen-bond donors (Lipinski definition) is 5. The topological polar surface area (TPSA) is 264 Å². The van der Waals surface area contributed by atoms with Crippen LogP contribution in [0.25, 0.3) is 0 Å². The predicted molar refractivity (Wildman–Crippen MR) is 218 cm³/mol. The number of nitrogens with zero attached hydrogens (tertiary/aromatic N) is 1. The molecule has 0 fully saturated rings. The van der Waals surface area contributed by atoms with Gasteiger partial charge in [0.1, 0.15) is 6.04 Å². The summed E-state index contributed by atoms with van der Waals surface area (Å²) in [4.78, 5) is 128. The molecule has 2 unspecified atom stereocenters. The zero-order valence-corrected chi connectivity index (χ0v) is 35.5. The molecule has 0 spiro atoms. The molecule has 0 saturated carbocycles. The first-order valence-electron chi connectivity index (χ1n) is 20.4. The summed E-state index contributed by atoms with van der Waals surface area (Å²) in [7, 11) is 1.25. The number of nitrogens with one attached hydrogen (secondary N) is 2. The Morgan fingerprint density at radius 1 is 0.729 bits per heavy atom. The van der Waals surface area contributed by atoms with E-state index in [9.17, 15) is 58.2 Å². The van der Waals surface area contributed by atoms with Gasteiger partial charge in [0.2, 0.25) is 29.4 Å². The van der Waals surface area contributed by atoms with Crippen molar-refractivity contribution in [2.24, 2.45) is 23.5 Å². The molecule has 0 aliphatic carbocycles. The van der Waals surface area contributed by atoms with Crippen LogP contribution in [-0.4, -0.2) is 111 Å². The number of ketones is 6. The Bertz CT molecular complexity index is 1660. The smallest absolute Gasteiger partial charge is 0.226 e.